The molecule has 1 aromatic carbocycles. The summed E-state index contributed by atoms with van der Waals surface area (Å²) in [6, 6.07) is 6.40. The van der Waals surface area contributed by atoms with Crippen LogP contribution in [-0.4, -0.2) is 12.1 Å². The van der Waals surface area contributed by atoms with Crippen molar-refractivity contribution in [3.63, 3.8) is 0 Å². The number of amides is 2. The molecule has 1 fully saturated rings. The van der Waals surface area contributed by atoms with Gasteiger partial charge in [0.15, 0.2) is 0 Å². The highest BCUT2D eigenvalue weighted by molar-refractivity contribution is 5.74. The summed E-state index contributed by atoms with van der Waals surface area (Å²) >= 11 is 0. The molecule has 0 spiro atoms. The standard InChI is InChI=1S/C20H31FN2O/c21-18-14-12-17(13-15-18)16-22-20(24)23-19-10-8-6-4-2-1-3-5-7-9-11-19/h12-15,19H,1-11,16H2,(H2,22,23,24). The van der Waals surface area contributed by atoms with Gasteiger partial charge in [-0.3, -0.25) is 0 Å². The Balaban J connectivity index is 1.73. The van der Waals surface area contributed by atoms with Crippen LogP contribution in [0.25, 0.3) is 0 Å². The van der Waals surface area contributed by atoms with Crippen molar-refractivity contribution >= 4 is 6.03 Å². The monoisotopic (exact) mass is 334 g/mol. The van der Waals surface area contributed by atoms with Crippen LogP contribution in [0.2, 0.25) is 0 Å². The van der Waals surface area contributed by atoms with E-state index >= 15 is 0 Å². The Labute approximate surface area is 145 Å². The second kappa shape index (κ2) is 11.1. The first-order valence-corrected chi connectivity index (χ1v) is 9.53. The molecular formula is C20H31FN2O. The first kappa shape index (κ1) is 18.8. The van der Waals surface area contributed by atoms with E-state index in [1.165, 1.54) is 69.9 Å². The van der Waals surface area contributed by atoms with E-state index in [0.29, 0.717) is 6.54 Å². The molecule has 2 N–H and O–H groups in total. The molecule has 0 bridgehead atoms. The van der Waals surface area contributed by atoms with E-state index in [9.17, 15) is 9.18 Å². The molecule has 0 radical (unpaired) electrons. The number of urea groups is 1. The third-order valence-corrected chi connectivity index (χ3v) is 4.81. The molecule has 3 nitrogen and oxygen atoms in total. The van der Waals surface area contributed by atoms with Gasteiger partial charge in [0, 0.05) is 12.6 Å². The van der Waals surface area contributed by atoms with E-state index in [0.717, 1.165) is 18.4 Å². The van der Waals surface area contributed by atoms with Crippen LogP contribution in [0.4, 0.5) is 9.18 Å². The van der Waals surface area contributed by atoms with Crippen LogP contribution in [0.1, 0.15) is 76.2 Å². The van der Waals surface area contributed by atoms with Gasteiger partial charge in [-0.2, -0.15) is 0 Å². The minimum Gasteiger partial charge on any atom is -0.335 e. The fourth-order valence-electron chi connectivity index (χ4n) is 3.33. The van der Waals surface area contributed by atoms with Gasteiger partial charge in [-0.25, -0.2) is 9.18 Å². The van der Waals surface area contributed by atoms with Crippen molar-refractivity contribution in [1.82, 2.24) is 10.6 Å². The lowest BCUT2D eigenvalue weighted by Crippen LogP contribution is -2.41. The van der Waals surface area contributed by atoms with Gasteiger partial charge in [0.25, 0.3) is 0 Å². The lowest BCUT2D eigenvalue weighted by atomic mass is 9.98. The van der Waals surface area contributed by atoms with Gasteiger partial charge >= 0.3 is 6.03 Å². The molecule has 0 aromatic heterocycles. The Hall–Kier alpha value is -1.58. The molecule has 0 atom stereocenters. The largest absolute Gasteiger partial charge is 0.335 e. The van der Waals surface area contributed by atoms with Crippen molar-refractivity contribution in [2.45, 2.75) is 83.2 Å². The van der Waals surface area contributed by atoms with Crippen LogP contribution < -0.4 is 10.6 Å². The molecule has 1 aromatic rings. The lowest BCUT2D eigenvalue weighted by molar-refractivity contribution is 0.234. The molecule has 1 aliphatic carbocycles. The van der Waals surface area contributed by atoms with Gasteiger partial charge in [0.2, 0.25) is 0 Å². The van der Waals surface area contributed by atoms with Crippen LogP contribution >= 0.6 is 0 Å². The minimum atomic E-state index is -0.253. The molecule has 24 heavy (non-hydrogen) atoms. The number of carbonyl (C=O) groups is 1. The van der Waals surface area contributed by atoms with Crippen LogP contribution in [0.3, 0.4) is 0 Å². The van der Waals surface area contributed by atoms with E-state index in [1.54, 1.807) is 12.1 Å². The summed E-state index contributed by atoms with van der Waals surface area (Å²) in [5.41, 5.74) is 0.908. The zero-order valence-corrected chi connectivity index (χ0v) is 14.7. The van der Waals surface area contributed by atoms with Crippen LogP contribution in [0.5, 0.6) is 0 Å². The lowest BCUT2D eigenvalue weighted by Gasteiger charge is -2.20. The molecule has 2 amide bonds. The Bertz CT molecular complexity index is 463. The van der Waals surface area contributed by atoms with Crippen molar-refractivity contribution in [2.24, 2.45) is 0 Å². The summed E-state index contributed by atoms with van der Waals surface area (Å²) in [6.45, 7) is 0.429. The molecule has 0 heterocycles. The van der Waals surface area contributed by atoms with Crippen molar-refractivity contribution in [3.05, 3.63) is 35.6 Å². The van der Waals surface area contributed by atoms with Crippen LogP contribution in [0, 0.1) is 5.82 Å². The number of rotatable bonds is 3. The third-order valence-electron chi connectivity index (χ3n) is 4.81. The first-order chi connectivity index (χ1) is 11.7. The highest BCUT2D eigenvalue weighted by atomic mass is 19.1. The quantitative estimate of drug-likeness (QED) is 0.774. The van der Waals surface area contributed by atoms with Gasteiger partial charge in [-0.15, -0.1) is 0 Å². The topological polar surface area (TPSA) is 41.1 Å². The normalized spacial score (nSPS) is 18.2. The van der Waals surface area contributed by atoms with Crippen molar-refractivity contribution in [1.29, 1.82) is 0 Å². The van der Waals surface area contributed by atoms with E-state index in [-0.39, 0.29) is 17.9 Å². The van der Waals surface area contributed by atoms with E-state index in [2.05, 4.69) is 10.6 Å². The van der Waals surface area contributed by atoms with Gasteiger partial charge < -0.3 is 10.6 Å². The van der Waals surface area contributed by atoms with Crippen LogP contribution in [0.15, 0.2) is 24.3 Å². The SMILES string of the molecule is O=C(NCc1ccc(F)cc1)NC1CCCCCCCCCCC1. The molecule has 0 saturated heterocycles. The number of hydrogen-bond acceptors (Lipinski definition) is 1. The number of hydrogen-bond donors (Lipinski definition) is 2. The summed E-state index contributed by atoms with van der Waals surface area (Å²) in [4.78, 5) is 12.1. The van der Waals surface area contributed by atoms with Crippen molar-refractivity contribution in [3.8, 4) is 0 Å². The average Bonchev–Trinajstić information content (AvgIpc) is 2.57. The maximum Gasteiger partial charge on any atom is 0.315 e. The fraction of sp³-hybridized carbons (Fsp3) is 0.650. The van der Waals surface area contributed by atoms with E-state index in [1.807, 2.05) is 0 Å². The number of carbonyl (C=O) groups excluding carboxylic acids is 1. The highest BCUT2D eigenvalue weighted by Crippen LogP contribution is 2.17. The third kappa shape index (κ3) is 7.80. The molecule has 1 saturated carbocycles. The van der Waals surface area contributed by atoms with Crippen molar-refractivity contribution in [2.75, 3.05) is 0 Å². The zero-order valence-electron chi connectivity index (χ0n) is 14.7. The highest BCUT2D eigenvalue weighted by Gasteiger charge is 2.12. The zero-order chi connectivity index (χ0) is 17.0. The molecule has 0 unspecified atom stereocenters. The smallest absolute Gasteiger partial charge is 0.315 e. The van der Waals surface area contributed by atoms with Gasteiger partial charge in [0.05, 0.1) is 0 Å². The Morgan fingerprint density at radius 3 is 1.92 bits per heavy atom. The number of benzene rings is 1. The van der Waals surface area contributed by atoms with E-state index in [4.69, 9.17) is 0 Å². The summed E-state index contributed by atoms with van der Waals surface area (Å²) < 4.78 is 12.9. The maximum atomic E-state index is 12.9. The molecule has 2 rings (SSSR count). The van der Waals surface area contributed by atoms with Gasteiger partial charge in [0.1, 0.15) is 5.82 Å². The number of nitrogens with one attached hydrogen (secondary N) is 2. The van der Waals surface area contributed by atoms with Gasteiger partial charge in [-0.05, 0) is 30.5 Å². The average molecular weight is 334 g/mol. The summed E-state index contributed by atoms with van der Waals surface area (Å²) in [5.74, 6) is -0.253. The molecule has 134 valence electrons. The summed E-state index contributed by atoms with van der Waals surface area (Å²) in [7, 11) is 0. The second-order valence-electron chi connectivity index (χ2n) is 6.91. The maximum absolute atomic E-state index is 12.9. The fourth-order valence-corrected chi connectivity index (χ4v) is 3.33. The summed E-state index contributed by atoms with van der Waals surface area (Å²) in [6.07, 6.45) is 13.8. The molecule has 0 aliphatic heterocycles. The van der Waals surface area contributed by atoms with Crippen LogP contribution in [-0.2, 0) is 6.54 Å². The Morgan fingerprint density at radius 2 is 1.38 bits per heavy atom. The predicted molar refractivity (Wildman–Crippen MR) is 96.3 cm³/mol. The molecular weight excluding hydrogens is 303 g/mol. The molecule has 4 heteroatoms. The predicted octanol–water partition coefficient (Wildman–Crippen LogP) is 5.30. The first-order valence-electron chi connectivity index (χ1n) is 9.53. The Kier molecular flexibility index (Phi) is 8.64. The molecule has 1 aliphatic rings. The minimum absolute atomic E-state index is 0.114. The second-order valence-corrected chi connectivity index (χ2v) is 6.91. The van der Waals surface area contributed by atoms with Crippen molar-refractivity contribution < 1.29 is 9.18 Å². The number of halogens is 1. The van der Waals surface area contributed by atoms with E-state index < -0.39 is 0 Å². The van der Waals surface area contributed by atoms with Gasteiger partial charge in [-0.1, -0.05) is 69.9 Å². The summed E-state index contributed by atoms with van der Waals surface area (Å²) in [5, 5.41) is 6.01. The Morgan fingerprint density at radius 1 is 0.875 bits per heavy atom.